The topological polar surface area (TPSA) is 29.9 Å². The lowest BCUT2D eigenvalue weighted by molar-refractivity contribution is 0.348. The van der Waals surface area contributed by atoms with E-state index in [0.29, 0.717) is 12.1 Å². The van der Waals surface area contributed by atoms with Gasteiger partial charge in [-0.15, -0.1) is 0 Å². The van der Waals surface area contributed by atoms with Gasteiger partial charge in [0.1, 0.15) is 0 Å². The van der Waals surface area contributed by atoms with Crippen LogP contribution in [0.15, 0.2) is 10.7 Å². The number of hydrogen-bond donors (Lipinski definition) is 1. The molecule has 1 fully saturated rings. The lowest BCUT2D eigenvalue weighted by atomic mass is 9.91. The van der Waals surface area contributed by atoms with Crippen molar-refractivity contribution in [1.29, 1.82) is 0 Å². The van der Waals surface area contributed by atoms with E-state index in [2.05, 4.69) is 51.9 Å². The fraction of sp³-hybridized carbons (Fsp3) is 0.812. The van der Waals surface area contributed by atoms with Crippen LogP contribution in [0, 0.1) is 5.92 Å². The minimum absolute atomic E-state index is 0.400. The van der Waals surface area contributed by atoms with Gasteiger partial charge >= 0.3 is 0 Å². The van der Waals surface area contributed by atoms with Crippen LogP contribution in [0.2, 0.25) is 0 Å². The van der Waals surface area contributed by atoms with Gasteiger partial charge in [0.15, 0.2) is 0 Å². The molecule has 0 aromatic carbocycles. The van der Waals surface area contributed by atoms with Crippen molar-refractivity contribution in [3.63, 3.8) is 0 Å². The van der Waals surface area contributed by atoms with Gasteiger partial charge in [0.05, 0.1) is 22.4 Å². The second-order valence-electron chi connectivity index (χ2n) is 6.35. The molecular weight excluding hydrogens is 314 g/mol. The molecule has 0 bridgehead atoms. The predicted molar refractivity (Wildman–Crippen MR) is 87.9 cm³/mol. The summed E-state index contributed by atoms with van der Waals surface area (Å²) < 4.78 is 3.29. The van der Waals surface area contributed by atoms with Crippen LogP contribution in [0.25, 0.3) is 0 Å². The molecule has 1 aromatic heterocycles. The molecule has 0 spiro atoms. The second-order valence-corrected chi connectivity index (χ2v) is 7.20. The Morgan fingerprint density at radius 3 is 2.50 bits per heavy atom. The molecule has 4 heteroatoms. The van der Waals surface area contributed by atoms with Crippen LogP contribution in [0.3, 0.4) is 0 Å². The molecular formula is C16H28BrN3. The van der Waals surface area contributed by atoms with Gasteiger partial charge in [-0.3, -0.25) is 4.68 Å². The monoisotopic (exact) mass is 341 g/mol. The van der Waals surface area contributed by atoms with E-state index in [-0.39, 0.29) is 0 Å². The Morgan fingerprint density at radius 1 is 1.30 bits per heavy atom. The molecule has 1 saturated carbocycles. The maximum atomic E-state index is 4.53. The number of nitrogens with one attached hydrogen (secondary N) is 1. The zero-order valence-corrected chi connectivity index (χ0v) is 14.6. The molecule has 1 atom stereocenters. The van der Waals surface area contributed by atoms with Crippen molar-refractivity contribution in [2.75, 3.05) is 7.05 Å². The zero-order valence-electron chi connectivity index (χ0n) is 13.0. The fourth-order valence-electron chi connectivity index (χ4n) is 3.39. The molecule has 1 aromatic rings. The Labute approximate surface area is 131 Å². The smallest absolute Gasteiger partial charge is 0.0698 e. The number of rotatable bonds is 5. The molecule has 1 heterocycles. The number of aromatic nitrogens is 2. The summed E-state index contributed by atoms with van der Waals surface area (Å²) in [5.41, 5.74) is 1.31. The highest BCUT2D eigenvalue weighted by molar-refractivity contribution is 9.10. The van der Waals surface area contributed by atoms with Gasteiger partial charge in [-0.25, -0.2) is 0 Å². The Morgan fingerprint density at radius 2 is 1.95 bits per heavy atom. The summed E-state index contributed by atoms with van der Waals surface area (Å²) >= 11 is 3.68. The van der Waals surface area contributed by atoms with Crippen LogP contribution in [-0.2, 0) is 0 Å². The van der Waals surface area contributed by atoms with Gasteiger partial charge in [-0.05, 0) is 49.2 Å². The Hall–Kier alpha value is -0.350. The summed E-state index contributed by atoms with van der Waals surface area (Å²) in [6, 6.07) is 0.804. The standard InChI is InChI=1S/C16H28BrN3/c1-12(2)20-16(14(17)11-19-20)15(18-3)10-13-8-6-4-5-7-9-13/h11-13,15,18H,4-10H2,1-3H3. The van der Waals surface area contributed by atoms with E-state index >= 15 is 0 Å². The van der Waals surface area contributed by atoms with Gasteiger partial charge in [0.25, 0.3) is 0 Å². The van der Waals surface area contributed by atoms with Crippen molar-refractivity contribution in [3.05, 3.63) is 16.4 Å². The quantitative estimate of drug-likeness (QED) is 0.776. The van der Waals surface area contributed by atoms with Crippen molar-refractivity contribution in [1.82, 2.24) is 15.1 Å². The van der Waals surface area contributed by atoms with Gasteiger partial charge in [0.2, 0.25) is 0 Å². The molecule has 3 nitrogen and oxygen atoms in total. The molecule has 1 N–H and O–H groups in total. The third kappa shape index (κ3) is 3.85. The second kappa shape index (κ2) is 7.60. The summed E-state index contributed by atoms with van der Waals surface area (Å²) in [6.45, 7) is 4.39. The van der Waals surface area contributed by atoms with Gasteiger partial charge in [-0.1, -0.05) is 38.5 Å². The number of halogens is 1. The summed E-state index contributed by atoms with van der Waals surface area (Å²) in [4.78, 5) is 0. The van der Waals surface area contributed by atoms with Gasteiger partial charge in [-0.2, -0.15) is 5.10 Å². The maximum Gasteiger partial charge on any atom is 0.0698 e. The van der Waals surface area contributed by atoms with Crippen LogP contribution in [0.5, 0.6) is 0 Å². The fourth-order valence-corrected chi connectivity index (χ4v) is 3.94. The average molecular weight is 342 g/mol. The minimum Gasteiger partial charge on any atom is -0.312 e. The molecule has 0 saturated heterocycles. The predicted octanol–water partition coefficient (Wildman–Crippen LogP) is 4.85. The van der Waals surface area contributed by atoms with Crippen molar-refractivity contribution in [2.45, 2.75) is 70.9 Å². The average Bonchev–Trinajstić information content (AvgIpc) is 2.64. The molecule has 1 aliphatic carbocycles. The first kappa shape index (κ1) is 16.0. The van der Waals surface area contributed by atoms with Crippen LogP contribution < -0.4 is 5.32 Å². The molecule has 0 aliphatic heterocycles. The van der Waals surface area contributed by atoms with Crippen LogP contribution >= 0.6 is 15.9 Å². The molecule has 2 rings (SSSR count). The van der Waals surface area contributed by atoms with E-state index in [1.54, 1.807) is 0 Å². The Balaban J connectivity index is 2.13. The van der Waals surface area contributed by atoms with Gasteiger partial charge < -0.3 is 5.32 Å². The summed E-state index contributed by atoms with van der Waals surface area (Å²) in [6.07, 6.45) is 11.6. The van der Waals surface area contributed by atoms with Crippen LogP contribution in [0.4, 0.5) is 0 Å². The highest BCUT2D eigenvalue weighted by Gasteiger charge is 2.24. The van der Waals surface area contributed by atoms with E-state index in [0.717, 1.165) is 10.4 Å². The molecule has 20 heavy (non-hydrogen) atoms. The SMILES string of the molecule is CNC(CC1CCCCCC1)c1c(Br)cnn1C(C)C. The van der Waals surface area contributed by atoms with Gasteiger partial charge in [0, 0.05) is 6.04 Å². The lowest BCUT2D eigenvalue weighted by Gasteiger charge is -2.25. The first-order chi connectivity index (χ1) is 9.63. The van der Waals surface area contributed by atoms with E-state index in [9.17, 15) is 0 Å². The maximum absolute atomic E-state index is 4.53. The number of hydrogen-bond acceptors (Lipinski definition) is 2. The molecule has 0 radical (unpaired) electrons. The zero-order chi connectivity index (χ0) is 14.5. The van der Waals surface area contributed by atoms with E-state index in [4.69, 9.17) is 0 Å². The van der Waals surface area contributed by atoms with Crippen LogP contribution in [-0.4, -0.2) is 16.8 Å². The van der Waals surface area contributed by atoms with E-state index < -0.39 is 0 Å². The Bertz CT molecular complexity index is 406. The summed E-state index contributed by atoms with van der Waals surface area (Å²) in [5.74, 6) is 0.859. The molecule has 1 unspecified atom stereocenters. The molecule has 114 valence electrons. The third-order valence-corrected chi connectivity index (χ3v) is 5.11. The van der Waals surface area contributed by atoms with E-state index in [1.165, 1.54) is 50.6 Å². The molecule has 1 aliphatic rings. The van der Waals surface area contributed by atoms with Crippen LogP contribution in [0.1, 0.15) is 76.6 Å². The van der Waals surface area contributed by atoms with Crippen molar-refractivity contribution in [3.8, 4) is 0 Å². The van der Waals surface area contributed by atoms with E-state index in [1.807, 2.05) is 6.20 Å². The van der Waals surface area contributed by atoms with Crippen molar-refractivity contribution >= 4 is 15.9 Å². The highest BCUT2D eigenvalue weighted by Crippen LogP contribution is 2.34. The Kier molecular flexibility index (Phi) is 6.09. The third-order valence-electron chi connectivity index (χ3n) is 4.50. The lowest BCUT2D eigenvalue weighted by Crippen LogP contribution is -2.24. The number of nitrogens with zero attached hydrogens (tertiary/aromatic N) is 2. The first-order valence-corrected chi connectivity index (χ1v) is 8.83. The van der Waals surface area contributed by atoms with Crippen molar-refractivity contribution < 1.29 is 0 Å². The highest BCUT2D eigenvalue weighted by atomic mass is 79.9. The van der Waals surface area contributed by atoms with Crippen molar-refractivity contribution in [2.24, 2.45) is 5.92 Å². The summed E-state index contributed by atoms with van der Waals surface area (Å²) in [7, 11) is 2.07. The summed E-state index contributed by atoms with van der Waals surface area (Å²) in [5, 5.41) is 8.04. The minimum atomic E-state index is 0.400. The first-order valence-electron chi connectivity index (χ1n) is 8.03. The molecule has 0 amide bonds. The largest absolute Gasteiger partial charge is 0.312 e. The normalized spacial score (nSPS) is 19.2.